The maximum atomic E-state index is 11.8. The molecule has 0 unspecified atom stereocenters. The first-order valence-electron chi connectivity index (χ1n) is 7.56. The summed E-state index contributed by atoms with van der Waals surface area (Å²) in [4.78, 5) is 14.3. The van der Waals surface area contributed by atoms with Crippen molar-refractivity contribution < 1.29 is 9.53 Å². The lowest BCUT2D eigenvalue weighted by atomic mass is 10.1. The number of Topliss-reactive ketones (excluding diaryl/α,β-unsaturated/α-hetero) is 1. The first-order chi connectivity index (χ1) is 10.2. The number of rotatable bonds is 4. The fourth-order valence-electron chi connectivity index (χ4n) is 3.08. The molecule has 0 radical (unpaired) electrons. The molecule has 0 saturated carbocycles. The Balaban J connectivity index is 1.88. The van der Waals surface area contributed by atoms with E-state index in [1.807, 2.05) is 18.3 Å². The average Bonchev–Trinajstić information content (AvgIpc) is 2.87. The van der Waals surface area contributed by atoms with Gasteiger partial charge in [-0.3, -0.25) is 9.69 Å². The van der Waals surface area contributed by atoms with Crippen molar-refractivity contribution in [3.63, 3.8) is 0 Å². The minimum absolute atomic E-state index is 0.135. The number of aryl methyl sites for hydroxylation is 1. The summed E-state index contributed by atoms with van der Waals surface area (Å²) in [5, 5.41) is 1.07. The summed E-state index contributed by atoms with van der Waals surface area (Å²) < 4.78 is 7.62. The van der Waals surface area contributed by atoms with E-state index in [2.05, 4.69) is 22.5 Å². The maximum Gasteiger partial charge on any atom is 0.161 e. The van der Waals surface area contributed by atoms with Crippen LogP contribution in [-0.2, 0) is 11.3 Å². The topological polar surface area (TPSA) is 34.5 Å². The van der Waals surface area contributed by atoms with Gasteiger partial charge < -0.3 is 9.30 Å². The standard InChI is InChI=1S/C17H22N2O2/c1-13-4-3-5-15-16(14(2)20)12-19(17(13)15)7-6-18-8-10-21-11-9-18/h3-5,12H,6-11H2,1-2H3. The number of hydrogen-bond acceptors (Lipinski definition) is 3. The summed E-state index contributed by atoms with van der Waals surface area (Å²) in [5.74, 6) is 0.135. The molecule has 4 heteroatoms. The highest BCUT2D eigenvalue weighted by Crippen LogP contribution is 2.25. The average molecular weight is 286 g/mol. The van der Waals surface area contributed by atoms with Crippen LogP contribution in [0.4, 0.5) is 0 Å². The molecular weight excluding hydrogens is 264 g/mol. The van der Waals surface area contributed by atoms with Gasteiger partial charge in [0.25, 0.3) is 0 Å². The lowest BCUT2D eigenvalue weighted by molar-refractivity contribution is 0.0365. The van der Waals surface area contributed by atoms with Gasteiger partial charge in [-0.1, -0.05) is 18.2 Å². The maximum absolute atomic E-state index is 11.8. The smallest absolute Gasteiger partial charge is 0.161 e. The van der Waals surface area contributed by atoms with Gasteiger partial charge in [0.2, 0.25) is 0 Å². The first kappa shape index (κ1) is 14.3. The van der Waals surface area contributed by atoms with E-state index in [0.717, 1.165) is 50.3 Å². The van der Waals surface area contributed by atoms with Gasteiger partial charge in [0.1, 0.15) is 0 Å². The van der Waals surface area contributed by atoms with Crippen molar-refractivity contribution in [2.24, 2.45) is 0 Å². The summed E-state index contributed by atoms with van der Waals surface area (Å²) >= 11 is 0. The molecule has 1 aromatic heterocycles. The fraction of sp³-hybridized carbons (Fsp3) is 0.471. The quantitative estimate of drug-likeness (QED) is 0.810. The zero-order chi connectivity index (χ0) is 14.8. The number of nitrogens with zero attached hydrogens (tertiary/aromatic N) is 2. The molecule has 0 spiro atoms. The van der Waals surface area contributed by atoms with Crippen LogP contribution in [-0.4, -0.2) is 48.1 Å². The number of morpholine rings is 1. The Morgan fingerprint density at radius 2 is 2.00 bits per heavy atom. The monoisotopic (exact) mass is 286 g/mol. The van der Waals surface area contributed by atoms with Gasteiger partial charge in [-0.15, -0.1) is 0 Å². The van der Waals surface area contributed by atoms with Crippen LogP contribution in [0.2, 0.25) is 0 Å². The minimum Gasteiger partial charge on any atom is -0.379 e. The number of fused-ring (bicyclic) bond motifs is 1. The molecule has 0 atom stereocenters. The second-order valence-corrected chi connectivity index (χ2v) is 5.72. The number of hydrogen-bond donors (Lipinski definition) is 0. The molecule has 112 valence electrons. The number of ether oxygens (including phenoxy) is 1. The number of aromatic nitrogens is 1. The van der Waals surface area contributed by atoms with E-state index in [1.165, 1.54) is 11.1 Å². The molecule has 21 heavy (non-hydrogen) atoms. The third-order valence-electron chi connectivity index (χ3n) is 4.24. The summed E-state index contributed by atoms with van der Waals surface area (Å²) in [7, 11) is 0. The predicted octanol–water partition coefficient (Wildman–Crippen LogP) is 2.48. The Bertz CT molecular complexity index is 654. The molecule has 0 bridgehead atoms. The number of para-hydroxylation sites is 1. The normalized spacial score (nSPS) is 16.5. The number of benzene rings is 1. The SMILES string of the molecule is CC(=O)c1cn(CCN2CCOCC2)c2c(C)cccc12. The molecule has 4 nitrogen and oxygen atoms in total. The molecule has 0 N–H and O–H groups in total. The lowest BCUT2D eigenvalue weighted by Crippen LogP contribution is -2.38. The molecule has 0 amide bonds. The number of ketones is 1. The Kier molecular flexibility index (Phi) is 4.08. The van der Waals surface area contributed by atoms with Crippen LogP contribution in [0.5, 0.6) is 0 Å². The highest BCUT2D eigenvalue weighted by molar-refractivity contribution is 6.07. The second kappa shape index (κ2) is 6.00. The zero-order valence-electron chi connectivity index (χ0n) is 12.8. The van der Waals surface area contributed by atoms with Gasteiger partial charge in [-0.05, 0) is 19.4 Å². The van der Waals surface area contributed by atoms with Crippen LogP contribution in [0, 0.1) is 6.92 Å². The predicted molar refractivity (Wildman–Crippen MR) is 83.9 cm³/mol. The van der Waals surface area contributed by atoms with Crippen molar-refractivity contribution in [2.75, 3.05) is 32.8 Å². The summed E-state index contributed by atoms with van der Waals surface area (Å²) in [5.41, 5.74) is 3.24. The van der Waals surface area contributed by atoms with Gasteiger partial charge in [-0.25, -0.2) is 0 Å². The molecular formula is C17H22N2O2. The molecule has 1 aliphatic heterocycles. The van der Waals surface area contributed by atoms with Gasteiger partial charge in [0, 0.05) is 43.3 Å². The van der Waals surface area contributed by atoms with Gasteiger partial charge in [0.05, 0.1) is 18.7 Å². The summed E-state index contributed by atoms with van der Waals surface area (Å²) in [6.07, 6.45) is 2.01. The third kappa shape index (κ3) is 2.87. The van der Waals surface area contributed by atoms with E-state index in [9.17, 15) is 4.79 Å². The second-order valence-electron chi connectivity index (χ2n) is 5.72. The third-order valence-corrected chi connectivity index (χ3v) is 4.24. The molecule has 1 fully saturated rings. The Labute approximate surface area is 125 Å². The first-order valence-corrected chi connectivity index (χ1v) is 7.56. The van der Waals surface area contributed by atoms with Crippen molar-refractivity contribution in [1.29, 1.82) is 0 Å². The highest BCUT2D eigenvalue weighted by atomic mass is 16.5. The Morgan fingerprint density at radius 1 is 1.24 bits per heavy atom. The van der Waals surface area contributed by atoms with Crippen molar-refractivity contribution >= 4 is 16.7 Å². The van der Waals surface area contributed by atoms with E-state index in [0.29, 0.717) is 0 Å². The fourth-order valence-corrected chi connectivity index (χ4v) is 3.08. The molecule has 0 aliphatic carbocycles. The van der Waals surface area contributed by atoms with E-state index < -0.39 is 0 Å². The van der Waals surface area contributed by atoms with Crippen LogP contribution < -0.4 is 0 Å². The number of carbonyl (C=O) groups excluding carboxylic acids is 1. The lowest BCUT2D eigenvalue weighted by Gasteiger charge is -2.26. The van der Waals surface area contributed by atoms with Crippen molar-refractivity contribution in [2.45, 2.75) is 20.4 Å². The van der Waals surface area contributed by atoms with Crippen LogP contribution in [0.25, 0.3) is 10.9 Å². The van der Waals surface area contributed by atoms with Gasteiger partial charge in [0.15, 0.2) is 5.78 Å². The Hall–Kier alpha value is -1.65. The minimum atomic E-state index is 0.135. The largest absolute Gasteiger partial charge is 0.379 e. The van der Waals surface area contributed by atoms with Gasteiger partial charge in [-0.2, -0.15) is 0 Å². The van der Waals surface area contributed by atoms with Crippen LogP contribution in [0.3, 0.4) is 0 Å². The summed E-state index contributed by atoms with van der Waals surface area (Å²) in [6.45, 7) is 9.30. The van der Waals surface area contributed by atoms with E-state index >= 15 is 0 Å². The molecule has 1 aliphatic rings. The highest BCUT2D eigenvalue weighted by Gasteiger charge is 2.15. The molecule has 3 rings (SSSR count). The molecule has 2 heterocycles. The molecule has 1 saturated heterocycles. The van der Waals surface area contributed by atoms with Crippen molar-refractivity contribution in [3.8, 4) is 0 Å². The van der Waals surface area contributed by atoms with E-state index in [-0.39, 0.29) is 5.78 Å². The Morgan fingerprint density at radius 3 is 2.71 bits per heavy atom. The molecule has 2 aromatic rings. The van der Waals surface area contributed by atoms with Gasteiger partial charge >= 0.3 is 0 Å². The van der Waals surface area contributed by atoms with E-state index in [4.69, 9.17) is 4.74 Å². The molecule has 1 aromatic carbocycles. The van der Waals surface area contributed by atoms with Crippen LogP contribution in [0.1, 0.15) is 22.8 Å². The zero-order valence-corrected chi connectivity index (χ0v) is 12.8. The number of carbonyl (C=O) groups is 1. The van der Waals surface area contributed by atoms with Crippen LogP contribution >= 0.6 is 0 Å². The summed E-state index contributed by atoms with van der Waals surface area (Å²) in [6, 6.07) is 6.18. The van der Waals surface area contributed by atoms with Crippen molar-refractivity contribution in [3.05, 3.63) is 35.5 Å². The van der Waals surface area contributed by atoms with E-state index in [1.54, 1.807) is 6.92 Å². The van der Waals surface area contributed by atoms with Crippen LogP contribution in [0.15, 0.2) is 24.4 Å². The van der Waals surface area contributed by atoms with Crippen molar-refractivity contribution in [1.82, 2.24) is 9.47 Å².